The Morgan fingerprint density at radius 3 is 2.62 bits per heavy atom. The van der Waals surface area contributed by atoms with Gasteiger partial charge in [-0.15, -0.1) is 0 Å². The number of hydrogen-bond acceptors (Lipinski definition) is 1. The van der Waals surface area contributed by atoms with E-state index in [0.29, 0.717) is 5.76 Å². The number of rotatable bonds is 1. The Morgan fingerprint density at radius 1 is 1.38 bits per heavy atom. The van der Waals surface area contributed by atoms with Crippen molar-refractivity contribution < 1.29 is 4.74 Å². The first-order valence-electron chi connectivity index (χ1n) is 3.82. The molecule has 0 bridgehead atoms. The van der Waals surface area contributed by atoms with Crippen LogP contribution in [-0.2, 0) is 4.74 Å². The Labute approximate surface area is 80.4 Å². The van der Waals surface area contributed by atoms with E-state index in [1.54, 1.807) is 6.08 Å². The summed E-state index contributed by atoms with van der Waals surface area (Å²) in [5.41, 5.74) is 1.03. The molecule has 0 saturated heterocycles. The van der Waals surface area contributed by atoms with Gasteiger partial charge in [-0.05, 0) is 25.2 Å². The monoisotopic (exact) mass is 176 g/mol. The van der Waals surface area contributed by atoms with Gasteiger partial charge in [0.05, 0.1) is 0 Å². The van der Waals surface area contributed by atoms with Gasteiger partial charge in [-0.25, -0.2) is 0 Å². The number of hydrogen-bond donors (Lipinski definition) is 0. The van der Waals surface area contributed by atoms with E-state index in [1.165, 1.54) is 0 Å². The van der Waals surface area contributed by atoms with Crippen LogP contribution in [0.4, 0.5) is 0 Å². The van der Waals surface area contributed by atoms with Crippen molar-refractivity contribution in [3.8, 4) is 0 Å². The van der Waals surface area contributed by atoms with Gasteiger partial charge in [-0.3, -0.25) is 0 Å². The van der Waals surface area contributed by atoms with Gasteiger partial charge in [-0.2, -0.15) is 0 Å². The highest BCUT2D eigenvalue weighted by Gasteiger charge is 2.07. The zero-order valence-electron chi connectivity index (χ0n) is 7.21. The molecule has 0 aromatic rings. The highest BCUT2D eigenvalue weighted by molar-refractivity contribution is 5.43. The quantitative estimate of drug-likeness (QED) is 0.591. The average Bonchev–Trinajstić information content (AvgIpc) is 2.08. The van der Waals surface area contributed by atoms with E-state index in [0.717, 1.165) is 11.3 Å². The third-order valence-electron chi connectivity index (χ3n) is 1.53. The standard InChI is InChI=1S/C11H12O.CH4/c1-4-6-10-8-7-9(3)12-11(10)5-2;/h4-8H,1,3H2,2H3;1H4/b10-6-,11-5+;. The molecule has 0 aromatic heterocycles. The maximum Gasteiger partial charge on any atom is 0.130 e. The lowest BCUT2D eigenvalue weighted by molar-refractivity contribution is 0.327. The van der Waals surface area contributed by atoms with E-state index in [4.69, 9.17) is 4.74 Å². The van der Waals surface area contributed by atoms with E-state index in [2.05, 4.69) is 13.2 Å². The predicted molar refractivity (Wildman–Crippen MR) is 58.1 cm³/mol. The number of ether oxygens (including phenoxy) is 1. The second-order valence-corrected chi connectivity index (χ2v) is 2.41. The largest absolute Gasteiger partial charge is 0.458 e. The van der Waals surface area contributed by atoms with Gasteiger partial charge in [0.25, 0.3) is 0 Å². The van der Waals surface area contributed by atoms with Gasteiger partial charge in [0.2, 0.25) is 0 Å². The average molecular weight is 176 g/mol. The third kappa shape index (κ3) is 2.79. The Balaban J connectivity index is 0.00000144. The van der Waals surface area contributed by atoms with Crippen molar-refractivity contribution in [3.05, 3.63) is 60.6 Å². The molecule has 0 N–H and O–H groups in total. The smallest absolute Gasteiger partial charge is 0.130 e. The molecule has 0 aromatic carbocycles. The fourth-order valence-corrected chi connectivity index (χ4v) is 0.989. The van der Waals surface area contributed by atoms with Gasteiger partial charge in [0, 0.05) is 5.57 Å². The second kappa shape index (κ2) is 5.20. The highest BCUT2D eigenvalue weighted by atomic mass is 16.5. The Hall–Kier alpha value is -1.50. The molecule has 0 fully saturated rings. The highest BCUT2D eigenvalue weighted by Crippen LogP contribution is 2.22. The van der Waals surface area contributed by atoms with Crippen molar-refractivity contribution >= 4 is 0 Å². The molecule has 1 heterocycles. The van der Waals surface area contributed by atoms with Crippen molar-refractivity contribution in [2.24, 2.45) is 0 Å². The zero-order valence-corrected chi connectivity index (χ0v) is 7.21. The minimum atomic E-state index is 0. The lowest BCUT2D eigenvalue weighted by Crippen LogP contribution is -1.97. The maximum absolute atomic E-state index is 5.36. The van der Waals surface area contributed by atoms with Crippen molar-refractivity contribution in [1.29, 1.82) is 0 Å². The molecule has 0 saturated carbocycles. The maximum atomic E-state index is 5.36. The van der Waals surface area contributed by atoms with Crippen LogP contribution in [0.3, 0.4) is 0 Å². The first-order valence-corrected chi connectivity index (χ1v) is 3.82. The molecule has 1 rings (SSSR count). The Bertz CT molecular complexity index is 290. The molecule has 1 aliphatic heterocycles. The van der Waals surface area contributed by atoms with Crippen molar-refractivity contribution in [2.45, 2.75) is 14.4 Å². The van der Waals surface area contributed by atoms with Gasteiger partial charge < -0.3 is 4.74 Å². The topological polar surface area (TPSA) is 9.23 Å². The van der Waals surface area contributed by atoms with Crippen LogP contribution in [0.15, 0.2) is 60.6 Å². The summed E-state index contributed by atoms with van der Waals surface area (Å²) in [6.45, 7) is 9.26. The van der Waals surface area contributed by atoms with Gasteiger partial charge in [0.1, 0.15) is 11.5 Å². The molecule has 70 valence electrons. The van der Waals surface area contributed by atoms with Crippen LogP contribution in [0.2, 0.25) is 0 Å². The molecular weight excluding hydrogens is 160 g/mol. The summed E-state index contributed by atoms with van der Waals surface area (Å²) in [7, 11) is 0. The van der Waals surface area contributed by atoms with Crippen LogP contribution < -0.4 is 0 Å². The molecule has 1 aliphatic rings. The summed E-state index contributed by atoms with van der Waals surface area (Å²) in [5, 5.41) is 0. The van der Waals surface area contributed by atoms with E-state index < -0.39 is 0 Å². The van der Waals surface area contributed by atoms with Gasteiger partial charge in [-0.1, -0.05) is 32.7 Å². The minimum Gasteiger partial charge on any atom is -0.458 e. The summed E-state index contributed by atoms with van der Waals surface area (Å²) < 4.78 is 5.36. The first-order chi connectivity index (χ1) is 5.77. The fraction of sp³-hybridized carbons (Fsp3) is 0.167. The summed E-state index contributed by atoms with van der Waals surface area (Å²) in [5.74, 6) is 1.51. The molecule has 0 spiro atoms. The lowest BCUT2D eigenvalue weighted by atomic mass is 10.1. The van der Waals surface area contributed by atoms with E-state index in [9.17, 15) is 0 Å². The molecule has 1 heteroatoms. The normalized spacial score (nSPS) is 21.2. The third-order valence-corrected chi connectivity index (χ3v) is 1.53. The van der Waals surface area contributed by atoms with Gasteiger partial charge >= 0.3 is 0 Å². The molecule has 13 heavy (non-hydrogen) atoms. The summed E-state index contributed by atoms with van der Waals surface area (Å²) in [6.07, 6.45) is 9.34. The van der Waals surface area contributed by atoms with Crippen LogP contribution in [0.5, 0.6) is 0 Å². The van der Waals surface area contributed by atoms with Crippen LogP contribution in [0.25, 0.3) is 0 Å². The number of allylic oxidation sites excluding steroid dienone is 5. The lowest BCUT2D eigenvalue weighted by Gasteiger charge is -2.14. The molecule has 0 amide bonds. The van der Waals surface area contributed by atoms with E-state index in [-0.39, 0.29) is 7.43 Å². The fourth-order valence-electron chi connectivity index (χ4n) is 0.989. The Kier molecular flexibility index (Phi) is 4.60. The first kappa shape index (κ1) is 11.5. The Morgan fingerprint density at radius 2 is 2.08 bits per heavy atom. The van der Waals surface area contributed by atoms with Crippen molar-refractivity contribution in [3.63, 3.8) is 0 Å². The molecule has 0 aliphatic carbocycles. The van der Waals surface area contributed by atoms with Crippen LogP contribution in [0, 0.1) is 0 Å². The summed E-state index contributed by atoms with van der Waals surface area (Å²) >= 11 is 0. The van der Waals surface area contributed by atoms with Gasteiger partial charge in [0.15, 0.2) is 0 Å². The van der Waals surface area contributed by atoms with E-state index in [1.807, 2.05) is 31.2 Å². The molecule has 0 radical (unpaired) electrons. The summed E-state index contributed by atoms with van der Waals surface area (Å²) in [4.78, 5) is 0. The molecule has 0 unspecified atom stereocenters. The van der Waals surface area contributed by atoms with Crippen LogP contribution >= 0.6 is 0 Å². The van der Waals surface area contributed by atoms with Crippen molar-refractivity contribution in [1.82, 2.24) is 0 Å². The predicted octanol–water partition coefficient (Wildman–Crippen LogP) is 3.74. The molecule has 1 nitrogen and oxygen atoms in total. The zero-order chi connectivity index (χ0) is 8.97. The minimum absolute atomic E-state index is 0. The summed E-state index contributed by atoms with van der Waals surface area (Å²) in [6, 6.07) is 0. The molecule has 0 atom stereocenters. The van der Waals surface area contributed by atoms with E-state index >= 15 is 0 Å². The van der Waals surface area contributed by atoms with Crippen LogP contribution in [0.1, 0.15) is 14.4 Å². The van der Waals surface area contributed by atoms with Crippen molar-refractivity contribution in [2.75, 3.05) is 0 Å². The molecular formula is C12H16O. The van der Waals surface area contributed by atoms with Crippen LogP contribution in [-0.4, -0.2) is 0 Å². The second-order valence-electron chi connectivity index (χ2n) is 2.41. The SMILES string of the molecule is C.C=C/C=C1/C=CC(=C)O/C1=C/C.